The summed E-state index contributed by atoms with van der Waals surface area (Å²) in [6.45, 7) is 2.63. The second kappa shape index (κ2) is 21.6. The van der Waals surface area contributed by atoms with E-state index in [2.05, 4.69) is 20.9 Å². The van der Waals surface area contributed by atoms with Crippen LogP contribution >= 0.6 is 23.4 Å². The molecule has 0 aliphatic carbocycles. The van der Waals surface area contributed by atoms with Gasteiger partial charge in [-0.1, -0.05) is 55.6 Å². The number of aliphatic imine (C=N–C) groups is 1. The van der Waals surface area contributed by atoms with Gasteiger partial charge in [-0.2, -0.15) is 0 Å². The van der Waals surface area contributed by atoms with E-state index >= 15 is 0 Å². The number of guanidine groups is 1. The first-order valence-corrected chi connectivity index (χ1v) is 18.6. The van der Waals surface area contributed by atoms with Crippen LogP contribution in [-0.2, 0) is 25.7 Å². The Morgan fingerprint density at radius 3 is 2.04 bits per heavy atom. The average molecular weight is 770 g/mol. The monoisotopic (exact) mass is 769 g/mol. The van der Waals surface area contributed by atoms with Crippen LogP contribution in [0.1, 0.15) is 79.8 Å². The number of unbranched alkanes of at least 4 members (excludes halogenated alkanes) is 2. The third-order valence-corrected chi connectivity index (χ3v) is 9.41. The number of carbonyl (C=O) groups is 6. The van der Waals surface area contributed by atoms with Crippen LogP contribution in [0.5, 0.6) is 0 Å². The molecule has 15 nitrogen and oxygen atoms in total. The van der Waals surface area contributed by atoms with Crippen LogP contribution in [0, 0.1) is 0 Å². The smallest absolute Gasteiger partial charge is 0.293 e. The molecule has 0 radical (unpaired) electrons. The largest absolute Gasteiger partial charge is 0.370 e. The Kier molecular flexibility index (Phi) is 17.3. The van der Waals surface area contributed by atoms with Gasteiger partial charge in [0.15, 0.2) is 5.96 Å². The van der Waals surface area contributed by atoms with Crippen molar-refractivity contribution in [2.24, 2.45) is 27.9 Å². The Labute approximate surface area is 318 Å². The lowest BCUT2D eigenvalue weighted by molar-refractivity contribution is -0.132. The van der Waals surface area contributed by atoms with Gasteiger partial charge in [0.05, 0.1) is 11.4 Å². The second-order valence-electron chi connectivity index (χ2n) is 12.4. The zero-order valence-corrected chi connectivity index (χ0v) is 31.2. The number of nitrogens with zero attached hydrogens (tertiary/aromatic N) is 2. The van der Waals surface area contributed by atoms with Crippen molar-refractivity contribution < 1.29 is 28.8 Å². The van der Waals surface area contributed by atoms with Crippen LogP contribution in [0.4, 0.5) is 4.79 Å². The zero-order chi connectivity index (χ0) is 38.9. The fourth-order valence-corrected chi connectivity index (χ4v) is 6.27. The van der Waals surface area contributed by atoms with Gasteiger partial charge in [0.25, 0.3) is 17.1 Å². The molecule has 1 heterocycles. The molecular weight excluding hydrogens is 722 g/mol. The molecule has 1 aliphatic rings. The van der Waals surface area contributed by atoms with E-state index in [9.17, 15) is 28.8 Å². The summed E-state index contributed by atoms with van der Waals surface area (Å²) >= 11 is 6.76. The minimum absolute atomic E-state index is 0.102. The Hall–Kier alpha value is -4.93. The quantitative estimate of drug-likeness (QED) is 0.0422. The third kappa shape index (κ3) is 13.9. The highest BCUT2D eigenvalue weighted by Crippen LogP contribution is 2.33. The molecule has 3 rings (SSSR count). The first-order valence-electron chi connectivity index (χ1n) is 17.4. The maximum absolute atomic E-state index is 13.7. The van der Waals surface area contributed by atoms with Crippen LogP contribution in [-0.4, -0.2) is 76.8 Å². The molecule has 53 heavy (non-hydrogen) atoms. The van der Waals surface area contributed by atoms with Gasteiger partial charge in [-0.05, 0) is 98.3 Å². The summed E-state index contributed by atoms with van der Waals surface area (Å²) in [6, 6.07) is 10.1. The van der Waals surface area contributed by atoms with Crippen molar-refractivity contribution in [1.82, 2.24) is 20.9 Å². The minimum Gasteiger partial charge on any atom is -0.370 e. The SMILES string of the molecule is CCCC[C@H](NC(=O)[C@H](CCCCN)NC(=O)[C@H](CCCN=C(N)N)NC(=O)c1ccc(/C=C2\SC(=O)N(Cc3ccc(Cl)cc3)C2=O)cc1)C(N)=O. The van der Waals surface area contributed by atoms with Crippen LogP contribution < -0.4 is 38.9 Å². The molecule has 17 heteroatoms. The highest BCUT2D eigenvalue weighted by Gasteiger charge is 2.35. The fourth-order valence-electron chi connectivity index (χ4n) is 5.30. The Balaban J connectivity index is 1.73. The summed E-state index contributed by atoms with van der Waals surface area (Å²) in [7, 11) is 0. The minimum atomic E-state index is -1.08. The molecule has 2 aromatic rings. The predicted octanol–water partition coefficient (Wildman–Crippen LogP) is 2.50. The van der Waals surface area contributed by atoms with Gasteiger partial charge in [0.2, 0.25) is 17.7 Å². The van der Waals surface area contributed by atoms with Gasteiger partial charge in [0.1, 0.15) is 18.1 Å². The summed E-state index contributed by atoms with van der Waals surface area (Å²) in [5.74, 6) is -2.99. The fraction of sp³-hybridized carbons (Fsp3) is 0.417. The van der Waals surface area contributed by atoms with Crippen molar-refractivity contribution in [3.63, 3.8) is 0 Å². The van der Waals surface area contributed by atoms with Crippen LogP contribution in [0.15, 0.2) is 58.4 Å². The zero-order valence-electron chi connectivity index (χ0n) is 29.6. The standard InChI is InChI=1S/C36H48ClN9O6S/c1-2-3-7-26(30(39)47)43-32(49)27(8-4-5-18-38)45-33(50)28(9-6-19-42-35(40)41)44-31(48)24-14-10-22(11-15-24)20-29-34(51)46(36(52)53-29)21-23-12-16-25(37)17-13-23/h10-17,20,26-28H,2-9,18-19,21,38H2,1H3,(H2,39,47)(H,43,49)(H,44,48)(H,45,50)(H4,40,41,42)/b29-20-/t26-,27-,28-/m0/s1. The first kappa shape index (κ1) is 42.5. The summed E-state index contributed by atoms with van der Waals surface area (Å²) in [5, 5.41) is 8.28. The van der Waals surface area contributed by atoms with Crippen molar-refractivity contribution in [2.75, 3.05) is 13.1 Å². The van der Waals surface area contributed by atoms with Gasteiger partial charge in [-0.3, -0.25) is 38.7 Å². The van der Waals surface area contributed by atoms with Crippen LogP contribution in [0.2, 0.25) is 5.02 Å². The summed E-state index contributed by atoms with van der Waals surface area (Å²) in [4.78, 5) is 83.3. The van der Waals surface area contributed by atoms with Gasteiger partial charge in [0, 0.05) is 17.1 Å². The highest BCUT2D eigenvalue weighted by atomic mass is 35.5. The normalized spacial score (nSPS) is 15.1. The number of rotatable bonds is 21. The molecule has 286 valence electrons. The van der Waals surface area contributed by atoms with Crippen molar-refractivity contribution >= 4 is 70.2 Å². The molecular formula is C36H48ClN9O6S. The molecule has 0 spiro atoms. The number of amides is 6. The number of nitrogens with one attached hydrogen (secondary N) is 3. The van der Waals surface area contributed by atoms with Crippen molar-refractivity contribution in [3.8, 4) is 0 Å². The number of thioether (sulfide) groups is 1. The van der Waals surface area contributed by atoms with Gasteiger partial charge >= 0.3 is 0 Å². The maximum Gasteiger partial charge on any atom is 0.293 e. The molecule has 1 saturated heterocycles. The third-order valence-electron chi connectivity index (χ3n) is 8.25. The number of primary amides is 1. The van der Waals surface area contributed by atoms with Crippen molar-refractivity contribution in [1.29, 1.82) is 0 Å². The van der Waals surface area contributed by atoms with Gasteiger partial charge in [-0.15, -0.1) is 0 Å². The lowest BCUT2D eigenvalue weighted by Crippen LogP contribution is -2.56. The molecule has 0 bridgehead atoms. The number of hydrogen-bond acceptors (Lipinski definition) is 9. The van der Waals surface area contributed by atoms with E-state index < -0.39 is 52.9 Å². The topological polar surface area (TPSA) is 258 Å². The molecule has 2 aromatic carbocycles. The molecule has 3 atom stereocenters. The van der Waals surface area contributed by atoms with E-state index in [-0.39, 0.29) is 42.4 Å². The molecule has 0 aromatic heterocycles. The average Bonchev–Trinajstić information content (AvgIpc) is 3.38. The van der Waals surface area contributed by atoms with E-state index in [1.165, 1.54) is 12.1 Å². The second-order valence-corrected chi connectivity index (χ2v) is 13.9. The van der Waals surface area contributed by atoms with E-state index in [1.54, 1.807) is 42.5 Å². The van der Waals surface area contributed by atoms with Crippen molar-refractivity contribution in [3.05, 3.63) is 75.1 Å². The van der Waals surface area contributed by atoms with E-state index in [0.29, 0.717) is 49.2 Å². The molecule has 0 unspecified atom stereocenters. The van der Waals surface area contributed by atoms with Crippen LogP contribution in [0.25, 0.3) is 6.08 Å². The molecule has 0 saturated carbocycles. The Morgan fingerprint density at radius 2 is 1.43 bits per heavy atom. The number of nitrogens with two attached hydrogens (primary N) is 4. The van der Waals surface area contributed by atoms with Crippen LogP contribution in [0.3, 0.4) is 0 Å². The van der Waals surface area contributed by atoms with E-state index in [4.69, 9.17) is 34.5 Å². The Bertz CT molecular complexity index is 1670. The molecule has 1 fully saturated rings. The lowest BCUT2D eigenvalue weighted by atomic mass is 10.0. The van der Waals surface area contributed by atoms with Gasteiger partial charge in [-0.25, -0.2) is 0 Å². The first-order chi connectivity index (χ1) is 25.3. The molecule has 6 amide bonds. The number of imide groups is 1. The predicted molar refractivity (Wildman–Crippen MR) is 206 cm³/mol. The van der Waals surface area contributed by atoms with Crippen molar-refractivity contribution in [2.45, 2.75) is 83.0 Å². The lowest BCUT2D eigenvalue weighted by Gasteiger charge is -2.25. The number of halogens is 1. The number of hydrogen-bond donors (Lipinski definition) is 7. The summed E-state index contributed by atoms with van der Waals surface area (Å²) < 4.78 is 0. The number of benzene rings is 2. The number of carbonyl (C=O) groups excluding carboxylic acids is 6. The molecule has 1 aliphatic heterocycles. The molecule has 11 N–H and O–H groups in total. The van der Waals surface area contributed by atoms with E-state index in [1.807, 2.05) is 6.92 Å². The summed E-state index contributed by atoms with van der Waals surface area (Å²) in [5.41, 5.74) is 23.6. The Morgan fingerprint density at radius 1 is 0.830 bits per heavy atom. The summed E-state index contributed by atoms with van der Waals surface area (Å²) in [6.07, 6.45) is 5.21. The maximum atomic E-state index is 13.7. The van der Waals surface area contributed by atoms with Gasteiger partial charge < -0.3 is 38.9 Å². The van der Waals surface area contributed by atoms with E-state index in [0.717, 1.165) is 28.6 Å². The highest BCUT2D eigenvalue weighted by molar-refractivity contribution is 8.18.